The highest BCUT2D eigenvalue weighted by atomic mass is 79.9. The average Bonchev–Trinajstić information content (AvgIpc) is 2.40. The van der Waals surface area contributed by atoms with Crippen LogP contribution >= 0.6 is 15.9 Å². The third-order valence-corrected chi connectivity index (χ3v) is 4.59. The van der Waals surface area contributed by atoms with Gasteiger partial charge in [0.2, 0.25) is 0 Å². The number of benzene rings is 1. The molecular weight excluding hydrogens is 347 g/mol. The molecule has 1 aliphatic rings. The van der Waals surface area contributed by atoms with Crippen LogP contribution in [0.25, 0.3) is 0 Å². The number of hydrogen-bond donors (Lipinski definition) is 0. The lowest BCUT2D eigenvalue weighted by molar-refractivity contribution is -0.274. The average molecular weight is 366 g/mol. The van der Waals surface area contributed by atoms with Crippen molar-refractivity contribution in [3.63, 3.8) is 0 Å². The smallest absolute Gasteiger partial charge is 0.406 e. The molecule has 0 radical (unpaired) electrons. The second-order valence-electron chi connectivity index (χ2n) is 5.48. The molecular formula is C15H19BrF3NO. The van der Waals surface area contributed by atoms with E-state index in [0.717, 1.165) is 38.0 Å². The fraction of sp³-hybridized carbons (Fsp3) is 0.600. The summed E-state index contributed by atoms with van der Waals surface area (Å²) >= 11 is 3.63. The summed E-state index contributed by atoms with van der Waals surface area (Å²) < 4.78 is 40.1. The zero-order valence-electron chi connectivity index (χ0n) is 11.9. The van der Waals surface area contributed by atoms with Crippen molar-refractivity contribution in [3.8, 4) is 5.75 Å². The van der Waals surface area contributed by atoms with E-state index in [4.69, 9.17) is 0 Å². The summed E-state index contributed by atoms with van der Waals surface area (Å²) in [6.07, 6.45) is -2.32. The fourth-order valence-electron chi connectivity index (χ4n) is 2.63. The molecule has 0 bridgehead atoms. The Balaban J connectivity index is 1.84. The highest BCUT2D eigenvalue weighted by Gasteiger charge is 2.31. The summed E-state index contributed by atoms with van der Waals surface area (Å²) in [4.78, 5) is 2.88. The lowest BCUT2D eigenvalue weighted by atomic mass is 9.94. The molecule has 0 N–H and O–H groups in total. The molecule has 1 atom stereocenters. The van der Waals surface area contributed by atoms with Crippen LogP contribution < -0.4 is 4.74 Å². The van der Waals surface area contributed by atoms with Crippen LogP contribution in [0.15, 0.2) is 24.3 Å². The number of alkyl halides is 4. The van der Waals surface area contributed by atoms with Gasteiger partial charge in [-0.05, 0) is 49.5 Å². The normalized spacial score (nSPS) is 19.5. The number of likely N-dealkylation sites (tertiary alicyclic amines) is 1. The molecule has 21 heavy (non-hydrogen) atoms. The number of hydrogen-bond acceptors (Lipinski definition) is 2. The minimum absolute atomic E-state index is 0.168. The lowest BCUT2D eigenvalue weighted by Crippen LogP contribution is -2.35. The van der Waals surface area contributed by atoms with Crippen LogP contribution in [-0.4, -0.2) is 29.2 Å². The molecule has 1 saturated heterocycles. The van der Waals surface area contributed by atoms with Crippen molar-refractivity contribution >= 4 is 15.9 Å². The predicted octanol–water partition coefficient (Wildman–Crippen LogP) is 4.58. The second kappa shape index (κ2) is 7.01. The Bertz CT molecular complexity index is 439. The lowest BCUT2D eigenvalue weighted by Gasteiger charge is -2.33. The van der Waals surface area contributed by atoms with E-state index < -0.39 is 6.36 Å². The van der Waals surface area contributed by atoms with Crippen LogP contribution in [0.4, 0.5) is 13.2 Å². The van der Waals surface area contributed by atoms with Crippen molar-refractivity contribution < 1.29 is 17.9 Å². The topological polar surface area (TPSA) is 12.5 Å². The summed E-state index contributed by atoms with van der Waals surface area (Å²) in [5, 5.41) is 0. The maximum absolute atomic E-state index is 12.1. The zero-order chi connectivity index (χ0) is 15.5. The Hall–Kier alpha value is -0.750. The number of ether oxygens (including phenoxy) is 1. The van der Waals surface area contributed by atoms with Crippen LogP contribution in [0, 0.1) is 5.92 Å². The van der Waals surface area contributed by atoms with E-state index in [2.05, 4.69) is 32.5 Å². The van der Waals surface area contributed by atoms with Gasteiger partial charge in [-0.1, -0.05) is 35.0 Å². The molecule has 0 amide bonds. The maximum atomic E-state index is 12.1. The maximum Gasteiger partial charge on any atom is 0.573 e. The van der Waals surface area contributed by atoms with Gasteiger partial charge in [-0.3, -0.25) is 4.90 Å². The molecule has 1 heterocycles. The van der Waals surface area contributed by atoms with Crippen LogP contribution in [0.3, 0.4) is 0 Å². The molecule has 2 rings (SSSR count). The number of halogens is 4. The van der Waals surface area contributed by atoms with Crippen LogP contribution in [0.5, 0.6) is 5.75 Å². The van der Waals surface area contributed by atoms with Gasteiger partial charge in [0.05, 0.1) is 0 Å². The van der Waals surface area contributed by atoms with Gasteiger partial charge in [-0.15, -0.1) is 13.2 Å². The second-order valence-corrected chi connectivity index (χ2v) is 6.93. The first-order valence-electron chi connectivity index (χ1n) is 7.04. The monoisotopic (exact) mass is 365 g/mol. The molecule has 1 fully saturated rings. The molecule has 1 aromatic rings. The van der Waals surface area contributed by atoms with Crippen molar-refractivity contribution in [1.82, 2.24) is 4.90 Å². The first-order chi connectivity index (χ1) is 9.83. The van der Waals surface area contributed by atoms with Gasteiger partial charge in [0.25, 0.3) is 0 Å². The van der Waals surface area contributed by atoms with E-state index in [9.17, 15) is 13.2 Å². The molecule has 2 nitrogen and oxygen atoms in total. The quantitative estimate of drug-likeness (QED) is 0.724. The number of piperidine rings is 1. The molecule has 1 unspecified atom stereocenters. The predicted molar refractivity (Wildman–Crippen MR) is 79.5 cm³/mol. The first-order valence-corrected chi connectivity index (χ1v) is 7.96. The zero-order valence-corrected chi connectivity index (χ0v) is 13.5. The van der Waals surface area contributed by atoms with Crippen molar-refractivity contribution in [3.05, 3.63) is 29.8 Å². The van der Waals surface area contributed by atoms with E-state index in [-0.39, 0.29) is 5.75 Å². The summed E-state index contributed by atoms with van der Waals surface area (Å²) in [7, 11) is 0. The van der Waals surface area contributed by atoms with Gasteiger partial charge in [-0.25, -0.2) is 0 Å². The van der Waals surface area contributed by atoms with Gasteiger partial charge in [-0.2, -0.15) is 0 Å². The Kier molecular flexibility index (Phi) is 5.54. The van der Waals surface area contributed by atoms with E-state index in [1.807, 2.05) is 0 Å². The van der Waals surface area contributed by atoms with E-state index in [1.165, 1.54) is 12.1 Å². The minimum atomic E-state index is -4.63. The van der Waals surface area contributed by atoms with Crippen LogP contribution in [-0.2, 0) is 6.54 Å². The Morgan fingerprint density at radius 1 is 1.24 bits per heavy atom. The van der Waals surface area contributed by atoms with Crippen molar-refractivity contribution in [2.24, 2.45) is 5.92 Å². The Labute approximate surface area is 131 Å². The molecule has 118 valence electrons. The van der Waals surface area contributed by atoms with E-state index in [1.54, 1.807) is 12.1 Å². The summed E-state index contributed by atoms with van der Waals surface area (Å²) in [5.41, 5.74) is 1.01. The number of nitrogens with zero attached hydrogens (tertiary/aromatic N) is 1. The van der Waals surface area contributed by atoms with Crippen molar-refractivity contribution in [2.75, 3.05) is 13.1 Å². The molecule has 6 heteroatoms. The third-order valence-electron chi connectivity index (χ3n) is 3.84. The molecule has 0 aliphatic carbocycles. The van der Waals surface area contributed by atoms with Gasteiger partial charge in [0.15, 0.2) is 0 Å². The molecule has 1 aliphatic heterocycles. The molecule has 0 spiro atoms. The molecule has 0 aromatic heterocycles. The van der Waals surface area contributed by atoms with Gasteiger partial charge in [0.1, 0.15) is 5.75 Å². The van der Waals surface area contributed by atoms with Gasteiger partial charge in [0, 0.05) is 11.4 Å². The van der Waals surface area contributed by atoms with Crippen LogP contribution in [0.2, 0.25) is 0 Å². The fourth-order valence-corrected chi connectivity index (χ4v) is 3.15. The Morgan fingerprint density at radius 2 is 1.81 bits per heavy atom. The minimum Gasteiger partial charge on any atom is -0.406 e. The summed E-state index contributed by atoms with van der Waals surface area (Å²) in [5.74, 6) is 0.543. The Morgan fingerprint density at radius 3 is 2.29 bits per heavy atom. The molecule has 0 saturated carbocycles. The highest BCUT2D eigenvalue weighted by Crippen LogP contribution is 2.27. The summed E-state index contributed by atoms with van der Waals surface area (Å²) in [6, 6.07) is 6.13. The van der Waals surface area contributed by atoms with Crippen molar-refractivity contribution in [2.45, 2.75) is 37.5 Å². The van der Waals surface area contributed by atoms with Crippen LogP contribution in [0.1, 0.15) is 25.3 Å². The van der Waals surface area contributed by atoms with Gasteiger partial charge >= 0.3 is 6.36 Å². The standard InChI is InChI=1S/C15H19BrF3NO/c1-11(16)13-6-8-20(9-7-13)10-12-2-4-14(5-3-12)21-15(17,18)19/h2-5,11,13H,6-10H2,1H3. The number of rotatable bonds is 4. The third kappa shape index (κ3) is 5.51. The first kappa shape index (κ1) is 16.6. The van der Waals surface area contributed by atoms with E-state index in [0.29, 0.717) is 10.7 Å². The molecule has 1 aromatic carbocycles. The van der Waals surface area contributed by atoms with E-state index >= 15 is 0 Å². The summed E-state index contributed by atoms with van der Waals surface area (Å²) in [6.45, 7) is 5.01. The SMILES string of the molecule is CC(Br)C1CCN(Cc2ccc(OC(F)(F)F)cc2)CC1. The van der Waals surface area contributed by atoms with Gasteiger partial charge < -0.3 is 4.74 Å². The highest BCUT2D eigenvalue weighted by molar-refractivity contribution is 9.09. The largest absolute Gasteiger partial charge is 0.573 e. The van der Waals surface area contributed by atoms with Crippen molar-refractivity contribution in [1.29, 1.82) is 0 Å².